The Bertz CT molecular complexity index is 1340. The van der Waals surface area contributed by atoms with Gasteiger partial charge in [-0.25, -0.2) is 4.79 Å². The Kier molecular flexibility index (Phi) is 7.85. The molecule has 0 N–H and O–H groups in total. The number of hydrogen-bond acceptors (Lipinski definition) is 7. The molecule has 216 valence electrons. The lowest BCUT2D eigenvalue weighted by atomic mass is 9.86. The van der Waals surface area contributed by atoms with Crippen molar-refractivity contribution in [3.8, 4) is 5.06 Å². The number of piperidine rings is 1. The van der Waals surface area contributed by atoms with Gasteiger partial charge < -0.3 is 14.4 Å². The van der Waals surface area contributed by atoms with Crippen LogP contribution in [0.3, 0.4) is 0 Å². The van der Waals surface area contributed by atoms with Crippen molar-refractivity contribution < 1.29 is 19.1 Å². The standard InChI is InChI=1S/C32H38N4O4S/c1-32(2,3)23-8-6-22(7-9-23)30(37)35-19-26-27(20-35)28(26)21-36(31(38)40-29-5-4-16-41-29)25-11-10-24(33-17-25)18-34-12-14-39-15-13-34/h4-11,16-17,26-28H,12-15,18-21H2,1-3H3. The number of aromatic nitrogens is 1. The van der Waals surface area contributed by atoms with E-state index in [0.717, 1.165) is 62.9 Å². The van der Waals surface area contributed by atoms with Gasteiger partial charge >= 0.3 is 6.09 Å². The highest BCUT2D eigenvalue weighted by atomic mass is 32.1. The van der Waals surface area contributed by atoms with Crippen molar-refractivity contribution in [2.75, 3.05) is 50.8 Å². The van der Waals surface area contributed by atoms with Crippen LogP contribution in [0.2, 0.25) is 0 Å². The van der Waals surface area contributed by atoms with Crippen LogP contribution in [0, 0.1) is 17.8 Å². The highest BCUT2D eigenvalue weighted by Crippen LogP contribution is 2.52. The molecule has 9 heteroatoms. The number of benzene rings is 1. The number of thiophene rings is 1. The minimum absolute atomic E-state index is 0.0547. The van der Waals surface area contributed by atoms with E-state index in [1.54, 1.807) is 17.2 Å². The van der Waals surface area contributed by atoms with E-state index in [2.05, 4.69) is 42.8 Å². The molecule has 0 spiro atoms. The Balaban J connectivity index is 1.10. The number of morpholine rings is 1. The number of hydrogen-bond donors (Lipinski definition) is 0. The van der Waals surface area contributed by atoms with Gasteiger partial charge in [0.2, 0.25) is 0 Å². The van der Waals surface area contributed by atoms with Gasteiger partial charge in [0.05, 0.1) is 30.8 Å². The van der Waals surface area contributed by atoms with Gasteiger partial charge in [-0.15, -0.1) is 11.3 Å². The van der Waals surface area contributed by atoms with Crippen molar-refractivity contribution in [1.29, 1.82) is 0 Å². The lowest BCUT2D eigenvalue weighted by Crippen LogP contribution is -2.38. The fourth-order valence-corrected chi connectivity index (χ4v) is 6.57. The SMILES string of the molecule is CC(C)(C)c1ccc(C(=O)N2CC3C(C2)C3CN(C(=O)Oc2cccs2)c2ccc(CN3CCOCC3)nc2)cc1. The van der Waals surface area contributed by atoms with E-state index in [0.29, 0.717) is 29.4 Å². The maximum atomic E-state index is 13.3. The number of carbonyl (C=O) groups is 2. The average Bonchev–Trinajstić information content (AvgIpc) is 3.32. The van der Waals surface area contributed by atoms with Crippen molar-refractivity contribution in [2.45, 2.75) is 32.7 Å². The quantitative estimate of drug-likeness (QED) is 0.382. The molecule has 2 saturated heterocycles. The number of ether oxygens (including phenoxy) is 2. The predicted molar refractivity (Wildman–Crippen MR) is 160 cm³/mol. The van der Waals surface area contributed by atoms with Gasteiger partial charge in [0.15, 0.2) is 5.06 Å². The van der Waals surface area contributed by atoms with Crippen LogP contribution in [0.1, 0.15) is 42.4 Å². The largest absolute Gasteiger partial charge is 0.420 e. The first kappa shape index (κ1) is 27.9. The molecule has 1 aliphatic carbocycles. The number of amides is 2. The summed E-state index contributed by atoms with van der Waals surface area (Å²) in [4.78, 5) is 37.2. The molecular formula is C32H38N4O4S. The van der Waals surface area contributed by atoms with Crippen LogP contribution in [-0.4, -0.2) is 72.7 Å². The fourth-order valence-electron chi connectivity index (χ4n) is 6.00. The Morgan fingerprint density at radius 2 is 1.78 bits per heavy atom. The molecule has 3 aliphatic rings. The normalized spacial score (nSPS) is 22.3. The third-order valence-corrected chi connectivity index (χ3v) is 9.31. The summed E-state index contributed by atoms with van der Waals surface area (Å²) in [7, 11) is 0. The maximum Gasteiger partial charge on any atom is 0.420 e. The first-order valence-electron chi connectivity index (χ1n) is 14.4. The van der Waals surface area contributed by atoms with Crippen LogP contribution < -0.4 is 9.64 Å². The highest BCUT2D eigenvalue weighted by molar-refractivity contribution is 7.11. The monoisotopic (exact) mass is 574 g/mol. The zero-order valence-electron chi connectivity index (χ0n) is 24.0. The molecule has 41 heavy (non-hydrogen) atoms. The predicted octanol–water partition coefficient (Wildman–Crippen LogP) is 5.30. The van der Waals surface area contributed by atoms with Crippen LogP contribution in [0.5, 0.6) is 5.06 Å². The molecule has 1 aromatic carbocycles. The van der Waals surface area contributed by atoms with E-state index in [9.17, 15) is 9.59 Å². The van der Waals surface area contributed by atoms with Gasteiger partial charge in [-0.05, 0) is 70.5 Å². The molecule has 0 bridgehead atoms. The summed E-state index contributed by atoms with van der Waals surface area (Å²) in [6, 6.07) is 15.6. The first-order valence-corrected chi connectivity index (χ1v) is 15.3. The van der Waals surface area contributed by atoms with E-state index in [1.807, 2.05) is 40.6 Å². The third kappa shape index (κ3) is 6.32. The number of pyridine rings is 1. The van der Waals surface area contributed by atoms with Crippen molar-refractivity contribution >= 4 is 29.0 Å². The number of rotatable bonds is 7. The molecule has 2 atom stereocenters. The maximum absolute atomic E-state index is 13.3. The van der Waals surface area contributed by atoms with E-state index < -0.39 is 6.09 Å². The average molecular weight is 575 g/mol. The fraction of sp³-hybridized carbons (Fsp3) is 0.469. The van der Waals surface area contributed by atoms with Gasteiger partial charge in [-0.2, -0.15) is 0 Å². The summed E-state index contributed by atoms with van der Waals surface area (Å²) in [6.07, 6.45) is 1.38. The Morgan fingerprint density at radius 3 is 2.39 bits per heavy atom. The summed E-state index contributed by atoms with van der Waals surface area (Å²) in [6.45, 7) is 12.6. The van der Waals surface area contributed by atoms with Crippen LogP contribution in [0.25, 0.3) is 0 Å². The number of carbonyl (C=O) groups excluding carboxylic acids is 2. The summed E-state index contributed by atoms with van der Waals surface area (Å²) < 4.78 is 11.2. The van der Waals surface area contributed by atoms with E-state index in [-0.39, 0.29) is 11.3 Å². The number of anilines is 1. The summed E-state index contributed by atoms with van der Waals surface area (Å²) in [5.41, 5.74) is 3.71. The lowest BCUT2D eigenvalue weighted by molar-refractivity contribution is 0.0336. The Morgan fingerprint density at radius 1 is 1.05 bits per heavy atom. The van der Waals surface area contributed by atoms with Crippen molar-refractivity contribution in [3.63, 3.8) is 0 Å². The first-order chi connectivity index (χ1) is 19.8. The third-order valence-electron chi connectivity index (χ3n) is 8.56. The number of likely N-dealkylation sites (tertiary alicyclic amines) is 1. The number of fused-ring (bicyclic) bond motifs is 1. The molecule has 1 saturated carbocycles. The van der Waals surface area contributed by atoms with E-state index in [1.165, 1.54) is 16.9 Å². The second-order valence-electron chi connectivity index (χ2n) is 12.3. The molecule has 3 aromatic rings. The molecule has 2 aliphatic heterocycles. The Hall–Kier alpha value is -3.27. The van der Waals surface area contributed by atoms with Crippen molar-refractivity contribution in [2.24, 2.45) is 17.8 Å². The molecule has 3 fully saturated rings. The van der Waals surface area contributed by atoms with Gasteiger partial charge in [0.1, 0.15) is 0 Å². The summed E-state index contributed by atoms with van der Waals surface area (Å²) in [5, 5.41) is 2.46. The van der Waals surface area contributed by atoms with E-state index in [4.69, 9.17) is 9.47 Å². The minimum Gasteiger partial charge on any atom is -0.399 e. The lowest BCUT2D eigenvalue weighted by Gasteiger charge is -2.27. The molecule has 0 radical (unpaired) electrons. The second kappa shape index (κ2) is 11.5. The molecular weight excluding hydrogens is 536 g/mol. The van der Waals surface area contributed by atoms with Gasteiger partial charge in [-0.3, -0.25) is 19.6 Å². The van der Waals surface area contributed by atoms with Gasteiger partial charge in [-0.1, -0.05) is 32.9 Å². The zero-order valence-corrected chi connectivity index (χ0v) is 24.8. The second-order valence-corrected chi connectivity index (χ2v) is 13.2. The zero-order chi connectivity index (χ0) is 28.6. The minimum atomic E-state index is -0.396. The topological polar surface area (TPSA) is 75.2 Å². The summed E-state index contributed by atoms with van der Waals surface area (Å²) >= 11 is 1.40. The van der Waals surface area contributed by atoms with Crippen molar-refractivity contribution in [3.05, 3.63) is 76.9 Å². The Labute approximate surface area is 245 Å². The van der Waals surface area contributed by atoms with Crippen LogP contribution in [-0.2, 0) is 16.7 Å². The number of nitrogens with zero attached hydrogens (tertiary/aromatic N) is 4. The van der Waals surface area contributed by atoms with E-state index >= 15 is 0 Å². The van der Waals surface area contributed by atoms with Crippen molar-refractivity contribution in [1.82, 2.24) is 14.8 Å². The smallest absolute Gasteiger partial charge is 0.399 e. The van der Waals surface area contributed by atoms with Crippen LogP contribution >= 0.6 is 11.3 Å². The molecule has 2 amide bonds. The van der Waals surface area contributed by atoms with Gasteiger partial charge in [0.25, 0.3) is 5.91 Å². The molecule has 2 aromatic heterocycles. The molecule has 4 heterocycles. The molecule has 8 nitrogen and oxygen atoms in total. The highest BCUT2D eigenvalue weighted by Gasteiger charge is 2.57. The van der Waals surface area contributed by atoms with Crippen LogP contribution in [0.15, 0.2) is 60.1 Å². The molecule has 2 unspecified atom stereocenters. The summed E-state index contributed by atoms with van der Waals surface area (Å²) in [5.74, 6) is 1.19. The molecule has 6 rings (SSSR count). The van der Waals surface area contributed by atoms with Gasteiger partial charge in [0, 0.05) is 44.8 Å². The van der Waals surface area contributed by atoms with Crippen LogP contribution in [0.4, 0.5) is 10.5 Å².